The van der Waals surface area contributed by atoms with E-state index in [-0.39, 0.29) is 38.7 Å². The third-order valence-electron chi connectivity index (χ3n) is 4.25. The van der Waals surface area contributed by atoms with Gasteiger partial charge >= 0.3 is 5.97 Å². The van der Waals surface area contributed by atoms with Gasteiger partial charge in [0.2, 0.25) is 0 Å². The van der Waals surface area contributed by atoms with Crippen molar-refractivity contribution in [2.24, 2.45) is 5.16 Å². The lowest BCUT2D eigenvalue weighted by atomic mass is 9.99. The van der Waals surface area contributed by atoms with Crippen molar-refractivity contribution in [2.75, 3.05) is 12.8 Å². The van der Waals surface area contributed by atoms with Crippen molar-refractivity contribution in [3.05, 3.63) is 33.7 Å². The predicted octanol–water partition coefficient (Wildman–Crippen LogP) is 4.66. The Morgan fingerprint density at radius 3 is 2.61 bits per heavy atom. The van der Waals surface area contributed by atoms with Crippen LogP contribution in [0, 0.1) is 5.82 Å². The van der Waals surface area contributed by atoms with Crippen molar-refractivity contribution in [3.63, 3.8) is 0 Å². The zero-order valence-electron chi connectivity index (χ0n) is 15.0. The van der Waals surface area contributed by atoms with E-state index < -0.39 is 11.8 Å². The summed E-state index contributed by atoms with van der Waals surface area (Å²) in [5, 5.41) is 3.77. The highest BCUT2D eigenvalue weighted by Gasteiger charge is 2.23. The Kier molecular flexibility index (Phi) is 6.31. The number of rotatable bonds is 4. The largest absolute Gasteiger partial charge is 0.492 e. The average Bonchev–Trinajstić information content (AvgIpc) is 2.69. The van der Waals surface area contributed by atoms with Gasteiger partial charge in [-0.05, 0) is 37.8 Å². The van der Waals surface area contributed by atoms with Gasteiger partial charge in [-0.3, -0.25) is 0 Å². The van der Waals surface area contributed by atoms with Crippen LogP contribution in [0.2, 0.25) is 10.0 Å². The maximum Gasteiger partial charge on any atom is 0.385 e. The van der Waals surface area contributed by atoms with E-state index in [1.807, 2.05) is 0 Å². The first-order chi connectivity index (χ1) is 13.4. The van der Waals surface area contributed by atoms with Crippen LogP contribution in [0.4, 0.5) is 10.2 Å². The minimum atomic E-state index is -0.903. The minimum absolute atomic E-state index is 0.0581. The topological polar surface area (TPSA) is 99.7 Å². The SMILES string of the molecule is COc1c(Cl)ccc(-c2nc(N)c(Cl)c(C(=O)ON=C3CCCCC3)n2)c1F. The maximum absolute atomic E-state index is 14.7. The molecule has 1 aromatic heterocycles. The normalized spacial score (nSPS) is 13.9. The molecule has 1 aromatic carbocycles. The van der Waals surface area contributed by atoms with Crippen molar-refractivity contribution < 1.29 is 18.8 Å². The highest BCUT2D eigenvalue weighted by Crippen LogP contribution is 2.35. The average molecular weight is 427 g/mol. The molecule has 148 valence electrons. The van der Waals surface area contributed by atoms with E-state index in [4.69, 9.17) is 38.5 Å². The van der Waals surface area contributed by atoms with Gasteiger partial charge in [-0.15, -0.1) is 0 Å². The van der Waals surface area contributed by atoms with Gasteiger partial charge in [-0.25, -0.2) is 19.2 Å². The van der Waals surface area contributed by atoms with E-state index in [2.05, 4.69) is 15.1 Å². The number of ether oxygens (including phenoxy) is 1. The second kappa shape index (κ2) is 8.70. The van der Waals surface area contributed by atoms with Crippen LogP contribution >= 0.6 is 23.2 Å². The van der Waals surface area contributed by atoms with Crippen LogP contribution in [-0.2, 0) is 4.84 Å². The molecule has 0 radical (unpaired) electrons. The number of benzene rings is 1. The summed E-state index contributed by atoms with van der Waals surface area (Å²) >= 11 is 12.0. The van der Waals surface area contributed by atoms with Crippen molar-refractivity contribution in [2.45, 2.75) is 32.1 Å². The molecule has 1 saturated carbocycles. The molecule has 0 saturated heterocycles. The van der Waals surface area contributed by atoms with E-state index >= 15 is 0 Å². The first-order valence-electron chi connectivity index (χ1n) is 8.54. The van der Waals surface area contributed by atoms with E-state index in [1.165, 1.54) is 19.2 Å². The molecule has 2 N–H and O–H groups in total. The van der Waals surface area contributed by atoms with Crippen molar-refractivity contribution in [3.8, 4) is 17.1 Å². The lowest BCUT2D eigenvalue weighted by Gasteiger charge is -2.12. The van der Waals surface area contributed by atoms with E-state index in [0.717, 1.165) is 37.8 Å². The molecule has 1 heterocycles. The third kappa shape index (κ3) is 4.18. The number of nitrogen functional groups attached to an aromatic ring is 1. The highest BCUT2D eigenvalue weighted by atomic mass is 35.5. The molecular weight excluding hydrogens is 410 g/mol. The monoisotopic (exact) mass is 426 g/mol. The Morgan fingerprint density at radius 2 is 1.93 bits per heavy atom. The fraction of sp³-hybridized carbons (Fsp3) is 0.333. The predicted molar refractivity (Wildman–Crippen MR) is 104 cm³/mol. The molecule has 0 atom stereocenters. The highest BCUT2D eigenvalue weighted by molar-refractivity contribution is 6.35. The summed E-state index contributed by atoms with van der Waals surface area (Å²) in [6, 6.07) is 2.76. The molecule has 28 heavy (non-hydrogen) atoms. The number of nitrogens with zero attached hydrogens (tertiary/aromatic N) is 3. The molecule has 0 bridgehead atoms. The Labute approximate surface area is 170 Å². The lowest BCUT2D eigenvalue weighted by molar-refractivity contribution is 0.0507. The van der Waals surface area contributed by atoms with Crippen LogP contribution in [0.15, 0.2) is 17.3 Å². The number of hydrogen-bond acceptors (Lipinski definition) is 7. The molecule has 10 heteroatoms. The summed E-state index contributed by atoms with van der Waals surface area (Å²) < 4.78 is 19.6. The van der Waals surface area contributed by atoms with Crippen LogP contribution in [-0.4, -0.2) is 28.8 Å². The maximum atomic E-state index is 14.7. The number of carbonyl (C=O) groups excluding carboxylic acids is 1. The van der Waals surface area contributed by atoms with Crippen molar-refractivity contribution in [1.82, 2.24) is 9.97 Å². The Bertz CT molecular complexity index is 945. The summed E-state index contributed by atoms with van der Waals surface area (Å²) in [5.74, 6) is -2.23. The number of carbonyl (C=O) groups is 1. The van der Waals surface area contributed by atoms with Crippen LogP contribution in [0.3, 0.4) is 0 Å². The summed E-state index contributed by atoms with van der Waals surface area (Å²) in [6.45, 7) is 0. The standard InChI is InChI=1S/C18H17Cl2FN4O3/c1-27-15-11(19)8-7-10(13(15)21)17-23-14(12(20)16(22)24-17)18(26)28-25-9-5-3-2-4-6-9/h7-8H,2-6H2,1H3,(H2,22,23,24). The fourth-order valence-electron chi connectivity index (χ4n) is 2.81. The van der Waals surface area contributed by atoms with E-state index in [9.17, 15) is 9.18 Å². The summed E-state index contributed by atoms with van der Waals surface area (Å²) in [4.78, 5) is 25.4. The number of anilines is 1. The van der Waals surface area contributed by atoms with Gasteiger partial charge in [0, 0.05) is 0 Å². The lowest BCUT2D eigenvalue weighted by Crippen LogP contribution is -2.12. The Balaban J connectivity index is 1.96. The Morgan fingerprint density at radius 1 is 1.21 bits per heavy atom. The van der Waals surface area contributed by atoms with Gasteiger partial charge in [0.05, 0.1) is 23.4 Å². The smallest absolute Gasteiger partial charge is 0.385 e. The number of halogens is 3. The number of methoxy groups -OCH3 is 1. The Hall–Kier alpha value is -2.45. The summed E-state index contributed by atoms with van der Waals surface area (Å²) in [5.41, 5.74) is 6.21. The fourth-order valence-corrected chi connectivity index (χ4v) is 3.20. The summed E-state index contributed by atoms with van der Waals surface area (Å²) in [6.07, 6.45) is 4.67. The molecule has 1 aliphatic rings. The zero-order valence-corrected chi connectivity index (χ0v) is 16.5. The molecule has 3 rings (SSSR count). The van der Waals surface area contributed by atoms with Gasteiger partial charge < -0.3 is 15.3 Å². The first-order valence-corrected chi connectivity index (χ1v) is 9.30. The third-order valence-corrected chi connectivity index (χ3v) is 4.92. The molecule has 0 unspecified atom stereocenters. The molecule has 1 aliphatic carbocycles. The molecule has 2 aromatic rings. The van der Waals surface area contributed by atoms with Gasteiger partial charge in [-0.2, -0.15) is 0 Å². The first kappa shape index (κ1) is 20.3. The molecule has 7 nitrogen and oxygen atoms in total. The number of aromatic nitrogens is 2. The second-order valence-corrected chi connectivity index (χ2v) is 6.92. The molecule has 1 fully saturated rings. The molecule has 0 aliphatic heterocycles. The van der Waals surface area contributed by atoms with Crippen molar-refractivity contribution >= 4 is 40.7 Å². The van der Waals surface area contributed by atoms with Gasteiger partial charge in [0.25, 0.3) is 0 Å². The van der Waals surface area contributed by atoms with Crippen LogP contribution in [0.5, 0.6) is 5.75 Å². The second-order valence-electron chi connectivity index (χ2n) is 6.13. The number of hydrogen-bond donors (Lipinski definition) is 1. The molecule has 0 spiro atoms. The number of oxime groups is 1. The van der Waals surface area contributed by atoms with Crippen molar-refractivity contribution in [1.29, 1.82) is 0 Å². The van der Waals surface area contributed by atoms with Gasteiger partial charge in [0.1, 0.15) is 10.8 Å². The summed E-state index contributed by atoms with van der Waals surface area (Å²) in [7, 11) is 1.28. The molecule has 0 amide bonds. The van der Waals surface area contributed by atoms with Gasteiger partial charge in [-0.1, -0.05) is 34.8 Å². The number of nitrogens with two attached hydrogens (primary N) is 1. The zero-order chi connectivity index (χ0) is 20.3. The molecular formula is C18H17Cl2FN4O3. The van der Waals surface area contributed by atoms with Crippen LogP contribution < -0.4 is 10.5 Å². The van der Waals surface area contributed by atoms with E-state index in [0.29, 0.717) is 0 Å². The van der Waals surface area contributed by atoms with Gasteiger partial charge in [0.15, 0.2) is 23.1 Å². The van der Waals surface area contributed by atoms with Crippen LogP contribution in [0.1, 0.15) is 42.6 Å². The minimum Gasteiger partial charge on any atom is -0.492 e. The quantitative estimate of drug-likeness (QED) is 0.563. The van der Waals surface area contributed by atoms with E-state index in [1.54, 1.807) is 0 Å². The van der Waals surface area contributed by atoms with Crippen LogP contribution in [0.25, 0.3) is 11.4 Å².